The molecule has 0 saturated carbocycles. The van der Waals surface area contributed by atoms with E-state index in [0.29, 0.717) is 29.3 Å². The van der Waals surface area contributed by atoms with E-state index in [2.05, 4.69) is 15.6 Å². The van der Waals surface area contributed by atoms with Gasteiger partial charge in [0.2, 0.25) is 0 Å². The maximum atomic E-state index is 12.5. The van der Waals surface area contributed by atoms with Gasteiger partial charge in [0.05, 0.1) is 26.5 Å². The van der Waals surface area contributed by atoms with Gasteiger partial charge in [0.1, 0.15) is 11.5 Å². The van der Waals surface area contributed by atoms with Crippen molar-refractivity contribution in [3.8, 4) is 11.5 Å². The van der Waals surface area contributed by atoms with Gasteiger partial charge in [-0.3, -0.25) is 9.48 Å². The van der Waals surface area contributed by atoms with E-state index in [1.165, 1.54) is 0 Å². The summed E-state index contributed by atoms with van der Waals surface area (Å²) in [5.74, 6) is 1.02. The summed E-state index contributed by atoms with van der Waals surface area (Å²) in [6, 6.07) is 14.7. The highest BCUT2D eigenvalue weighted by atomic mass is 16.5. The number of hydrogen-bond acceptors (Lipinski definition) is 5. The molecule has 1 aromatic heterocycles. The van der Waals surface area contributed by atoms with Crippen LogP contribution in [-0.2, 0) is 6.54 Å². The number of amides is 1. The lowest BCUT2D eigenvalue weighted by molar-refractivity contribution is 0.0954. The van der Waals surface area contributed by atoms with Gasteiger partial charge >= 0.3 is 0 Å². The van der Waals surface area contributed by atoms with E-state index in [4.69, 9.17) is 9.47 Å². The maximum Gasteiger partial charge on any atom is 0.271 e. The summed E-state index contributed by atoms with van der Waals surface area (Å²) in [4.78, 5) is 12.5. The third-order valence-corrected chi connectivity index (χ3v) is 4.22. The van der Waals surface area contributed by atoms with Gasteiger partial charge in [0.15, 0.2) is 0 Å². The average Bonchev–Trinajstić information content (AvgIpc) is 3.24. The molecular formula is C21H22N4O3. The van der Waals surface area contributed by atoms with Crippen molar-refractivity contribution in [3.05, 3.63) is 77.6 Å². The van der Waals surface area contributed by atoms with Gasteiger partial charge in [-0.2, -0.15) is 10.2 Å². The number of aromatic nitrogens is 2. The van der Waals surface area contributed by atoms with Crippen molar-refractivity contribution in [2.24, 2.45) is 5.10 Å². The average molecular weight is 378 g/mol. The van der Waals surface area contributed by atoms with Crippen LogP contribution < -0.4 is 14.9 Å². The molecule has 28 heavy (non-hydrogen) atoms. The van der Waals surface area contributed by atoms with Crippen LogP contribution in [0.2, 0.25) is 0 Å². The summed E-state index contributed by atoms with van der Waals surface area (Å²) in [6.45, 7) is 2.40. The first-order valence-corrected chi connectivity index (χ1v) is 8.74. The molecular weight excluding hydrogens is 356 g/mol. The zero-order chi connectivity index (χ0) is 19.9. The van der Waals surface area contributed by atoms with Gasteiger partial charge in [-0.15, -0.1) is 0 Å². The van der Waals surface area contributed by atoms with E-state index < -0.39 is 0 Å². The quantitative estimate of drug-likeness (QED) is 0.506. The number of ether oxygens (including phenoxy) is 2. The molecule has 0 aliphatic carbocycles. The Morgan fingerprint density at radius 1 is 1.14 bits per heavy atom. The summed E-state index contributed by atoms with van der Waals surface area (Å²) in [7, 11) is 3.17. The number of nitrogens with one attached hydrogen (secondary N) is 1. The Morgan fingerprint density at radius 3 is 2.71 bits per heavy atom. The second-order valence-corrected chi connectivity index (χ2v) is 6.11. The molecule has 0 radical (unpaired) electrons. The minimum Gasteiger partial charge on any atom is -0.497 e. The number of methoxy groups -OCH3 is 2. The molecule has 1 heterocycles. The standard InChI is InChI=1S/C21H22N4O3/c1-15(19-9-8-18(27-2)13-20(19)28-3)23-24-21(26)17-7-4-6-16(12-17)14-25-11-5-10-22-25/h4-13H,14H2,1-3H3,(H,24,26). The fourth-order valence-corrected chi connectivity index (χ4v) is 2.75. The first kappa shape index (κ1) is 19.2. The molecule has 7 nitrogen and oxygen atoms in total. The molecule has 0 unspecified atom stereocenters. The molecule has 0 saturated heterocycles. The van der Waals surface area contributed by atoms with Crippen molar-refractivity contribution >= 4 is 11.6 Å². The third-order valence-electron chi connectivity index (χ3n) is 4.22. The molecule has 7 heteroatoms. The van der Waals surface area contributed by atoms with Crippen LogP contribution in [0.3, 0.4) is 0 Å². The lowest BCUT2D eigenvalue weighted by Crippen LogP contribution is -2.19. The summed E-state index contributed by atoms with van der Waals surface area (Å²) in [5, 5.41) is 8.40. The summed E-state index contributed by atoms with van der Waals surface area (Å²) in [6.07, 6.45) is 3.60. The highest BCUT2D eigenvalue weighted by molar-refractivity contribution is 6.02. The highest BCUT2D eigenvalue weighted by Crippen LogP contribution is 2.25. The van der Waals surface area contributed by atoms with Crippen LogP contribution in [0.15, 0.2) is 66.0 Å². The monoisotopic (exact) mass is 378 g/mol. The van der Waals surface area contributed by atoms with E-state index in [9.17, 15) is 4.79 Å². The molecule has 144 valence electrons. The van der Waals surface area contributed by atoms with Gasteiger partial charge in [-0.05, 0) is 42.8 Å². The summed E-state index contributed by atoms with van der Waals surface area (Å²) >= 11 is 0. The third kappa shape index (κ3) is 4.56. The number of hydrogen-bond donors (Lipinski definition) is 1. The number of carbonyl (C=O) groups excluding carboxylic acids is 1. The second kappa shape index (κ2) is 8.85. The summed E-state index contributed by atoms with van der Waals surface area (Å²) in [5.41, 5.74) is 5.51. The fourth-order valence-electron chi connectivity index (χ4n) is 2.75. The SMILES string of the molecule is COc1ccc(C(C)=NNC(=O)c2cccc(Cn3cccn3)c2)c(OC)c1. The lowest BCUT2D eigenvalue weighted by atomic mass is 10.1. The molecule has 1 N–H and O–H groups in total. The van der Waals surface area contributed by atoms with Gasteiger partial charge in [-0.25, -0.2) is 5.43 Å². The van der Waals surface area contributed by atoms with Crippen molar-refractivity contribution < 1.29 is 14.3 Å². The van der Waals surface area contributed by atoms with E-state index >= 15 is 0 Å². The van der Waals surface area contributed by atoms with Crippen molar-refractivity contribution in [3.63, 3.8) is 0 Å². The first-order chi connectivity index (χ1) is 13.6. The molecule has 1 amide bonds. The van der Waals surface area contributed by atoms with Crippen LogP contribution in [0, 0.1) is 0 Å². The summed E-state index contributed by atoms with van der Waals surface area (Å²) < 4.78 is 12.4. The Labute approximate surface area is 163 Å². The van der Waals surface area contributed by atoms with Crippen molar-refractivity contribution in [1.29, 1.82) is 0 Å². The maximum absolute atomic E-state index is 12.5. The van der Waals surface area contributed by atoms with Crippen LogP contribution in [0.25, 0.3) is 0 Å². The zero-order valence-electron chi connectivity index (χ0n) is 16.0. The Kier molecular flexibility index (Phi) is 6.06. The van der Waals surface area contributed by atoms with Crippen LogP contribution in [0.1, 0.15) is 28.4 Å². The Hall–Kier alpha value is -3.61. The number of rotatable bonds is 7. The first-order valence-electron chi connectivity index (χ1n) is 8.74. The van der Waals surface area contributed by atoms with Gasteiger partial charge < -0.3 is 9.47 Å². The number of benzene rings is 2. The van der Waals surface area contributed by atoms with E-state index in [0.717, 1.165) is 11.1 Å². The molecule has 0 aliphatic rings. The predicted octanol–water partition coefficient (Wildman–Crippen LogP) is 3.10. The minimum atomic E-state index is -0.283. The van der Waals surface area contributed by atoms with Crippen LogP contribution in [0.4, 0.5) is 0 Å². The molecule has 2 aromatic carbocycles. The molecule has 0 atom stereocenters. The Bertz CT molecular complexity index is 981. The van der Waals surface area contributed by atoms with Crippen LogP contribution in [0.5, 0.6) is 11.5 Å². The highest BCUT2D eigenvalue weighted by Gasteiger charge is 2.10. The topological polar surface area (TPSA) is 77.7 Å². The van der Waals surface area contributed by atoms with Crippen LogP contribution >= 0.6 is 0 Å². The largest absolute Gasteiger partial charge is 0.497 e. The van der Waals surface area contributed by atoms with Gasteiger partial charge in [0, 0.05) is 29.6 Å². The lowest BCUT2D eigenvalue weighted by Gasteiger charge is -2.10. The second-order valence-electron chi connectivity index (χ2n) is 6.11. The van der Waals surface area contributed by atoms with Gasteiger partial charge in [-0.1, -0.05) is 12.1 Å². The number of carbonyl (C=O) groups is 1. The Morgan fingerprint density at radius 2 is 2.00 bits per heavy atom. The van der Waals surface area contributed by atoms with E-state index in [1.807, 2.05) is 42.6 Å². The van der Waals surface area contributed by atoms with Gasteiger partial charge in [0.25, 0.3) is 5.91 Å². The predicted molar refractivity (Wildman–Crippen MR) is 107 cm³/mol. The van der Waals surface area contributed by atoms with E-state index in [-0.39, 0.29) is 5.91 Å². The van der Waals surface area contributed by atoms with E-state index in [1.54, 1.807) is 44.2 Å². The molecule has 3 rings (SSSR count). The Balaban J connectivity index is 1.72. The normalized spacial score (nSPS) is 11.2. The number of nitrogens with zero attached hydrogens (tertiary/aromatic N) is 3. The van der Waals surface area contributed by atoms with Crippen molar-refractivity contribution in [2.75, 3.05) is 14.2 Å². The molecule has 0 fully saturated rings. The number of hydrazone groups is 1. The van der Waals surface area contributed by atoms with Crippen molar-refractivity contribution in [1.82, 2.24) is 15.2 Å². The van der Waals surface area contributed by atoms with Crippen LogP contribution in [-0.4, -0.2) is 35.6 Å². The smallest absolute Gasteiger partial charge is 0.271 e. The molecule has 3 aromatic rings. The minimum absolute atomic E-state index is 0.283. The van der Waals surface area contributed by atoms with Crippen molar-refractivity contribution in [2.45, 2.75) is 13.5 Å². The fraction of sp³-hybridized carbons (Fsp3) is 0.190. The zero-order valence-corrected chi connectivity index (χ0v) is 16.0. The molecule has 0 aliphatic heterocycles. The molecule has 0 bridgehead atoms. The molecule has 0 spiro atoms.